The number of carbonyl (C=O) groups excluding carboxylic acids is 1. The first-order valence-electron chi connectivity index (χ1n) is 6.01. The zero-order chi connectivity index (χ0) is 14.1. The predicted molar refractivity (Wildman–Crippen MR) is 65.5 cm³/mol. The highest BCUT2D eigenvalue weighted by atomic mass is 19.1. The third-order valence-corrected chi connectivity index (χ3v) is 2.27. The van der Waals surface area contributed by atoms with Gasteiger partial charge in [-0.15, -0.1) is 0 Å². The molecule has 4 nitrogen and oxygen atoms in total. The van der Waals surface area contributed by atoms with Gasteiger partial charge in [0.1, 0.15) is 18.2 Å². The monoisotopic (exact) mass is 273 g/mol. The summed E-state index contributed by atoms with van der Waals surface area (Å²) < 4.78 is 35.8. The van der Waals surface area contributed by atoms with E-state index in [0.29, 0.717) is 13.2 Å². The molecule has 1 aromatic carbocycles. The molecule has 0 fully saturated rings. The van der Waals surface area contributed by atoms with Crippen LogP contribution < -0.4 is 5.32 Å². The quantitative estimate of drug-likeness (QED) is 0.578. The average molecular weight is 273 g/mol. The van der Waals surface area contributed by atoms with E-state index in [4.69, 9.17) is 4.74 Å². The molecule has 0 unspecified atom stereocenters. The molecule has 1 aromatic rings. The molecule has 0 aromatic heterocycles. The standard InChI is InChI=1S/C13H17F2NO3/c1-2-19-13(17)9-18-6-5-16-8-10-7-11(14)3-4-12(10)15/h3-4,7,16H,2,5-6,8-9H2,1H3. The van der Waals surface area contributed by atoms with Gasteiger partial charge >= 0.3 is 5.97 Å². The molecule has 0 amide bonds. The van der Waals surface area contributed by atoms with Crippen LogP contribution in [0.5, 0.6) is 0 Å². The fraction of sp³-hybridized carbons (Fsp3) is 0.462. The van der Waals surface area contributed by atoms with Gasteiger partial charge in [-0.3, -0.25) is 0 Å². The molecule has 106 valence electrons. The van der Waals surface area contributed by atoms with Gasteiger partial charge in [0, 0.05) is 18.7 Å². The molecule has 0 saturated heterocycles. The van der Waals surface area contributed by atoms with Crippen LogP contribution in [0.2, 0.25) is 0 Å². The van der Waals surface area contributed by atoms with Crippen molar-refractivity contribution in [1.82, 2.24) is 5.32 Å². The number of ether oxygens (including phenoxy) is 2. The van der Waals surface area contributed by atoms with Crippen molar-refractivity contribution in [2.24, 2.45) is 0 Å². The lowest BCUT2D eigenvalue weighted by Gasteiger charge is -2.07. The van der Waals surface area contributed by atoms with Gasteiger partial charge in [0.05, 0.1) is 13.2 Å². The lowest BCUT2D eigenvalue weighted by Crippen LogP contribution is -2.22. The first-order chi connectivity index (χ1) is 9.13. The molecule has 1 N–H and O–H groups in total. The van der Waals surface area contributed by atoms with Crippen LogP contribution in [-0.4, -0.2) is 32.3 Å². The van der Waals surface area contributed by atoms with Crippen LogP contribution in [0.25, 0.3) is 0 Å². The van der Waals surface area contributed by atoms with E-state index in [1.165, 1.54) is 0 Å². The molecule has 0 spiro atoms. The van der Waals surface area contributed by atoms with Gasteiger partial charge in [0.2, 0.25) is 0 Å². The molecule has 0 radical (unpaired) electrons. The Balaban J connectivity index is 2.14. The van der Waals surface area contributed by atoms with E-state index < -0.39 is 17.6 Å². The molecule has 0 aliphatic rings. The number of hydrogen-bond donors (Lipinski definition) is 1. The van der Waals surface area contributed by atoms with E-state index in [9.17, 15) is 13.6 Å². The van der Waals surface area contributed by atoms with Crippen LogP contribution in [0.15, 0.2) is 18.2 Å². The summed E-state index contributed by atoms with van der Waals surface area (Å²) in [7, 11) is 0. The number of hydrogen-bond acceptors (Lipinski definition) is 4. The summed E-state index contributed by atoms with van der Waals surface area (Å²) in [6.07, 6.45) is 0. The second-order valence-corrected chi connectivity index (χ2v) is 3.77. The van der Waals surface area contributed by atoms with Crippen LogP contribution in [0.3, 0.4) is 0 Å². The molecule has 0 atom stereocenters. The van der Waals surface area contributed by atoms with Gasteiger partial charge in [-0.1, -0.05) is 0 Å². The van der Waals surface area contributed by atoms with Crippen molar-refractivity contribution in [3.63, 3.8) is 0 Å². The van der Waals surface area contributed by atoms with Gasteiger partial charge in [-0.25, -0.2) is 13.6 Å². The zero-order valence-electron chi connectivity index (χ0n) is 10.7. The number of nitrogens with one attached hydrogen (secondary N) is 1. The van der Waals surface area contributed by atoms with Gasteiger partial charge in [-0.2, -0.15) is 0 Å². The third kappa shape index (κ3) is 6.26. The Morgan fingerprint density at radius 3 is 2.89 bits per heavy atom. The average Bonchev–Trinajstić information content (AvgIpc) is 2.38. The van der Waals surface area contributed by atoms with Crippen LogP contribution >= 0.6 is 0 Å². The third-order valence-electron chi connectivity index (χ3n) is 2.27. The van der Waals surface area contributed by atoms with E-state index in [-0.39, 0.29) is 25.3 Å². The maximum atomic E-state index is 13.2. The van der Waals surface area contributed by atoms with Crippen molar-refractivity contribution in [3.8, 4) is 0 Å². The minimum absolute atomic E-state index is 0.107. The zero-order valence-corrected chi connectivity index (χ0v) is 10.7. The predicted octanol–water partition coefficient (Wildman–Crippen LogP) is 1.63. The van der Waals surface area contributed by atoms with E-state index in [0.717, 1.165) is 18.2 Å². The molecule has 6 heteroatoms. The maximum Gasteiger partial charge on any atom is 0.332 e. The summed E-state index contributed by atoms with van der Waals surface area (Å²) in [5, 5.41) is 2.89. The number of benzene rings is 1. The number of halogens is 2. The first-order valence-corrected chi connectivity index (χ1v) is 6.01. The van der Waals surface area contributed by atoms with Gasteiger partial charge in [0.15, 0.2) is 0 Å². The summed E-state index contributed by atoms with van der Waals surface area (Å²) in [6, 6.07) is 3.30. The summed E-state index contributed by atoms with van der Waals surface area (Å²) >= 11 is 0. The number of rotatable bonds is 8. The van der Waals surface area contributed by atoms with Crippen molar-refractivity contribution in [3.05, 3.63) is 35.4 Å². The fourth-order valence-corrected chi connectivity index (χ4v) is 1.40. The number of carbonyl (C=O) groups is 1. The minimum atomic E-state index is -0.475. The van der Waals surface area contributed by atoms with E-state index in [1.807, 2.05) is 0 Å². The Morgan fingerprint density at radius 1 is 1.37 bits per heavy atom. The molecule has 0 aliphatic heterocycles. The Labute approximate surface area is 110 Å². The van der Waals surface area contributed by atoms with Gasteiger partial charge in [-0.05, 0) is 25.1 Å². The molecular weight excluding hydrogens is 256 g/mol. The molecule has 0 saturated carbocycles. The van der Waals surface area contributed by atoms with E-state index >= 15 is 0 Å². The fourth-order valence-electron chi connectivity index (χ4n) is 1.40. The van der Waals surface area contributed by atoms with Crippen molar-refractivity contribution in [2.75, 3.05) is 26.4 Å². The van der Waals surface area contributed by atoms with Crippen LogP contribution in [0, 0.1) is 11.6 Å². The molecule has 0 aliphatic carbocycles. The largest absolute Gasteiger partial charge is 0.464 e. The van der Waals surface area contributed by atoms with Gasteiger partial charge < -0.3 is 14.8 Å². The molecule has 19 heavy (non-hydrogen) atoms. The molecule has 1 rings (SSSR count). The van der Waals surface area contributed by atoms with E-state index in [2.05, 4.69) is 10.1 Å². The topological polar surface area (TPSA) is 47.6 Å². The molecule has 0 heterocycles. The highest BCUT2D eigenvalue weighted by Crippen LogP contribution is 2.08. The van der Waals surface area contributed by atoms with Crippen LogP contribution in [0.4, 0.5) is 8.78 Å². The van der Waals surface area contributed by atoms with Crippen LogP contribution in [-0.2, 0) is 20.8 Å². The van der Waals surface area contributed by atoms with Crippen molar-refractivity contribution in [1.29, 1.82) is 0 Å². The Hall–Kier alpha value is -1.53. The van der Waals surface area contributed by atoms with E-state index in [1.54, 1.807) is 6.92 Å². The second kappa shape index (κ2) is 8.55. The maximum absolute atomic E-state index is 13.2. The first kappa shape index (κ1) is 15.5. The Bertz CT molecular complexity index is 413. The molecular formula is C13H17F2NO3. The van der Waals surface area contributed by atoms with Crippen LogP contribution in [0.1, 0.15) is 12.5 Å². The summed E-state index contributed by atoms with van der Waals surface area (Å²) in [5.41, 5.74) is 0.255. The molecule has 0 bridgehead atoms. The summed E-state index contributed by atoms with van der Waals surface area (Å²) in [6.45, 7) is 2.84. The van der Waals surface area contributed by atoms with Crippen molar-refractivity contribution >= 4 is 5.97 Å². The minimum Gasteiger partial charge on any atom is -0.464 e. The van der Waals surface area contributed by atoms with Crippen molar-refractivity contribution in [2.45, 2.75) is 13.5 Å². The smallest absolute Gasteiger partial charge is 0.332 e. The highest BCUT2D eigenvalue weighted by molar-refractivity contribution is 5.70. The second-order valence-electron chi connectivity index (χ2n) is 3.77. The number of esters is 1. The highest BCUT2D eigenvalue weighted by Gasteiger charge is 2.03. The summed E-state index contributed by atoms with van der Waals surface area (Å²) in [5.74, 6) is -1.35. The Kier molecular flexibility index (Phi) is 6.99. The Morgan fingerprint density at radius 2 is 2.16 bits per heavy atom. The lowest BCUT2D eigenvalue weighted by atomic mass is 10.2. The SMILES string of the molecule is CCOC(=O)COCCNCc1cc(F)ccc1F. The van der Waals surface area contributed by atoms with Crippen molar-refractivity contribution < 1.29 is 23.0 Å². The van der Waals surface area contributed by atoms with Gasteiger partial charge in [0.25, 0.3) is 0 Å². The normalized spacial score (nSPS) is 10.5. The lowest BCUT2D eigenvalue weighted by molar-refractivity contribution is -0.148. The summed E-state index contributed by atoms with van der Waals surface area (Å²) in [4.78, 5) is 10.9.